The Hall–Kier alpha value is -2.17. The molecular weight excluding hydrogens is 249 g/mol. The second-order valence-electron chi connectivity index (χ2n) is 4.56. The zero-order chi connectivity index (χ0) is 13.8. The van der Waals surface area contributed by atoms with E-state index in [1.165, 1.54) is 18.2 Å². The van der Waals surface area contributed by atoms with Gasteiger partial charge in [0.2, 0.25) is 5.91 Å². The molecule has 0 bridgehead atoms. The van der Waals surface area contributed by atoms with Crippen LogP contribution in [0.2, 0.25) is 0 Å². The third-order valence-electron chi connectivity index (χ3n) is 3.04. The van der Waals surface area contributed by atoms with Gasteiger partial charge in [-0.1, -0.05) is 18.2 Å². The Morgan fingerprint density at radius 3 is 2.68 bits per heavy atom. The van der Waals surface area contributed by atoms with E-state index in [4.69, 9.17) is 5.11 Å². The fraction of sp³-hybridized carbons (Fsp3) is 0.286. The van der Waals surface area contributed by atoms with Crippen molar-refractivity contribution in [3.05, 3.63) is 41.7 Å². The molecule has 1 N–H and O–H groups in total. The van der Waals surface area contributed by atoms with Crippen molar-refractivity contribution in [3.63, 3.8) is 0 Å². The molecule has 0 saturated carbocycles. The lowest BCUT2D eigenvalue weighted by molar-refractivity contribution is -0.143. The summed E-state index contributed by atoms with van der Waals surface area (Å²) in [5, 5.41) is 8.60. The van der Waals surface area contributed by atoms with Gasteiger partial charge in [0.25, 0.3) is 0 Å². The number of benzene rings is 1. The van der Waals surface area contributed by atoms with Crippen LogP contribution < -0.4 is 0 Å². The van der Waals surface area contributed by atoms with Crippen molar-refractivity contribution < 1.29 is 19.1 Å². The standard InChI is InChI=1S/C14H14FNO3/c15-12-4-2-1-3-11(12)5-6-13(17)16-8-10(9-16)7-14(18)19/h1-6,10H,7-9H2,(H,18,19). The monoisotopic (exact) mass is 263 g/mol. The van der Waals surface area contributed by atoms with E-state index < -0.39 is 5.97 Å². The number of carboxylic acids is 1. The fourth-order valence-corrected chi connectivity index (χ4v) is 2.00. The topological polar surface area (TPSA) is 57.6 Å². The van der Waals surface area contributed by atoms with E-state index in [0.717, 1.165) is 0 Å². The van der Waals surface area contributed by atoms with Gasteiger partial charge in [0.15, 0.2) is 0 Å². The van der Waals surface area contributed by atoms with Gasteiger partial charge in [0, 0.05) is 30.6 Å². The van der Waals surface area contributed by atoms with Crippen molar-refractivity contribution in [2.24, 2.45) is 5.92 Å². The first-order valence-electron chi connectivity index (χ1n) is 5.99. The van der Waals surface area contributed by atoms with E-state index in [2.05, 4.69) is 0 Å². The van der Waals surface area contributed by atoms with E-state index in [-0.39, 0.29) is 24.1 Å². The lowest BCUT2D eigenvalue weighted by Gasteiger charge is -2.37. The molecule has 1 aromatic rings. The van der Waals surface area contributed by atoms with Crippen molar-refractivity contribution in [2.75, 3.05) is 13.1 Å². The summed E-state index contributed by atoms with van der Waals surface area (Å²) in [4.78, 5) is 23.7. The van der Waals surface area contributed by atoms with Gasteiger partial charge < -0.3 is 10.0 Å². The maximum Gasteiger partial charge on any atom is 0.303 e. The summed E-state index contributed by atoms with van der Waals surface area (Å²) in [5.74, 6) is -1.41. The third kappa shape index (κ3) is 3.40. The summed E-state index contributed by atoms with van der Waals surface area (Å²) in [6.45, 7) is 0.902. The molecule has 1 heterocycles. The fourth-order valence-electron chi connectivity index (χ4n) is 2.00. The van der Waals surface area contributed by atoms with Crippen LogP contribution in [0, 0.1) is 11.7 Å². The molecule has 0 radical (unpaired) electrons. The molecular formula is C14H14FNO3. The van der Waals surface area contributed by atoms with E-state index in [1.54, 1.807) is 23.1 Å². The summed E-state index contributed by atoms with van der Waals surface area (Å²) in [5.41, 5.74) is 0.360. The molecule has 1 aliphatic rings. The Morgan fingerprint density at radius 1 is 1.37 bits per heavy atom. The Morgan fingerprint density at radius 2 is 2.05 bits per heavy atom. The molecule has 2 rings (SSSR count). The van der Waals surface area contributed by atoms with Gasteiger partial charge in [-0.05, 0) is 12.1 Å². The number of carboxylic acid groups (broad SMARTS) is 1. The van der Waals surface area contributed by atoms with Crippen LogP contribution in [0.15, 0.2) is 30.3 Å². The quantitative estimate of drug-likeness (QED) is 0.842. The second-order valence-corrected chi connectivity index (χ2v) is 4.56. The number of hydrogen-bond acceptors (Lipinski definition) is 2. The summed E-state index contributed by atoms with van der Waals surface area (Å²) >= 11 is 0. The minimum atomic E-state index is -0.848. The average molecular weight is 263 g/mol. The summed E-state index contributed by atoms with van der Waals surface area (Å²) in [7, 11) is 0. The van der Waals surface area contributed by atoms with Crippen LogP contribution in [0.5, 0.6) is 0 Å². The number of nitrogens with zero attached hydrogens (tertiary/aromatic N) is 1. The molecule has 1 aliphatic heterocycles. The molecule has 0 atom stereocenters. The van der Waals surface area contributed by atoms with Crippen molar-refractivity contribution in [3.8, 4) is 0 Å². The third-order valence-corrected chi connectivity index (χ3v) is 3.04. The molecule has 0 spiro atoms. The van der Waals surface area contributed by atoms with Gasteiger partial charge in [-0.2, -0.15) is 0 Å². The highest BCUT2D eigenvalue weighted by molar-refractivity contribution is 5.92. The number of likely N-dealkylation sites (tertiary alicyclic amines) is 1. The number of rotatable bonds is 4. The van der Waals surface area contributed by atoms with Crippen LogP contribution >= 0.6 is 0 Å². The first-order valence-corrected chi connectivity index (χ1v) is 5.99. The Bertz CT molecular complexity index is 521. The number of halogens is 1. The summed E-state index contributed by atoms with van der Waals surface area (Å²) < 4.78 is 13.3. The summed E-state index contributed by atoms with van der Waals surface area (Å²) in [6, 6.07) is 6.19. The minimum absolute atomic E-state index is 0.0308. The predicted molar refractivity (Wildman–Crippen MR) is 67.8 cm³/mol. The lowest BCUT2D eigenvalue weighted by atomic mass is 9.96. The number of carbonyl (C=O) groups is 2. The first-order chi connectivity index (χ1) is 9.06. The summed E-state index contributed by atoms with van der Waals surface area (Å²) in [6.07, 6.45) is 2.83. The van der Waals surface area contributed by atoms with E-state index >= 15 is 0 Å². The van der Waals surface area contributed by atoms with Crippen molar-refractivity contribution in [1.29, 1.82) is 0 Å². The number of amides is 1. The lowest BCUT2D eigenvalue weighted by Crippen LogP contribution is -2.49. The van der Waals surface area contributed by atoms with Gasteiger partial charge in [-0.3, -0.25) is 9.59 Å². The Kier molecular flexibility index (Phi) is 3.94. The highest BCUT2D eigenvalue weighted by atomic mass is 19.1. The van der Waals surface area contributed by atoms with Crippen molar-refractivity contribution >= 4 is 18.0 Å². The molecule has 0 aromatic heterocycles. The molecule has 19 heavy (non-hydrogen) atoms. The molecule has 1 aromatic carbocycles. The average Bonchev–Trinajstić information content (AvgIpc) is 2.31. The zero-order valence-electron chi connectivity index (χ0n) is 10.3. The Labute approximate surface area is 110 Å². The molecule has 0 aliphatic carbocycles. The molecule has 0 unspecified atom stereocenters. The molecule has 1 amide bonds. The maximum absolute atomic E-state index is 13.3. The number of carbonyl (C=O) groups excluding carboxylic acids is 1. The SMILES string of the molecule is O=C(O)CC1CN(C(=O)C=Cc2ccccc2F)C1. The van der Waals surface area contributed by atoms with E-state index in [9.17, 15) is 14.0 Å². The van der Waals surface area contributed by atoms with Gasteiger partial charge in [-0.15, -0.1) is 0 Å². The zero-order valence-corrected chi connectivity index (χ0v) is 10.3. The van der Waals surface area contributed by atoms with Crippen LogP contribution in [-0.4, -0.2) is 35.0 Å². The number of hydrogen-bond donors (Lipinski definition) is 1. The van der Waals surface area contributed by atoms with Gasteiger partial charge in [0.1, 0.15) is 5.82 Å². The number of aliphatic carboxylic acids is 1. The molecule has 1 fully saturated rings. The van der Waals surface area contributed by atoms with E-state index in [0.29, 0.717) is 18.7 Å². The van der Waals surface area contributed by atoms with Crippen LogP contribution in [-0.2, 0) is 9.59 Å². The maximum atomic E-state index is 13.3. The van der Waals surface area contributed by atoms with Gasteiger partial charge in [0.05, 0.1) is 6.42 Å². The normalized spacial score (nSPS) is 15.5. The van der Waals surface area contributed by atoms with Crippen molar-refractivity contribution in [1.82, 2.24) is 4.90 Å². The Balaban J connectivity index is 1.86. The van der Waals surface area contributed by atoms with Crippen LogP contribution in [0.4, 0.5) is 4.39 Å². The first kappa shape index (κ1) is 13.3. The van der Waals surface area contributed by atoms with Gasteiger partial charge >= 0.3 is 5.97 Å². The largest absolute Gasteiger partial charge is 0.481 e. The minimum Gasteiger partial charge on any atom is -0.481 e. The molecule has 5 heteroatoms. The second kappa shape index (κ2) is 5.65. The van der Waals surface area contributed by atoms with Crippen LogP contribution in [0.1, 0.15) is 12.0 Å². The smallest absolute Gasteiger partial charge is 0.303 e. The van der Waals surface area contributed by atoms with E-state index in [1.807, 2.05) is 0 Å². The molecule has 4 nitrogen and oxygen atoms in total. The molecule has 1 saturated heterocycles. The predicted octanol–water partition coefficient (Wildman–Crippen LogP) is 1.77. The van der Waals surface area contributed by atoms with Gasteiger partial charge in [-0.25, -0.2) is 4.39 Å². The van der Waals surface area contributed by atoms with Crippen LogP contribution in [0.3, 0.4) is 0 Å². The highest BCUT2D eigenvalue weighted by Crippen LogP contribution is 2.19. The van der Waals surface area contributed by atoms with Crippen molar-refractivity contribution in [2.45, 2.75) is 6.42 Å². The highest BCUT2D eigenvalue weighted by Gasteiger charge is 2.30. The molecule has 100 valence electrons. The van der Waals surface area contributed by atoms with Crippen LogP contribution in [0.25, 0.3) is 6.08 Å².